The van der Waals surface area contributed by atoms with E-state index in [1.165, 1.54) is 0 Å². The maximum Gasteiger partial charge on any atom is 0.416 e. The van der Waals surface area contributed by atoms with E-state index >= 15 is 0 Å². The maximum atomic E-state index is 12.6. The zero-order valence-corrected chi connectivity index (χ0v) is 13.3. The van der Waals surface area contributed by atoms with Crippen LogP contribution in [0, 0.1) is 0 Å². The van der Waals surface area contributed by atoms with Gasteiger partial charge in [-0.3, -0.25) is 4.90 Å². The van der Waals surface area contributed by atoms with Gasteiger partial charge in [-0.1, -0.05) is 6.07 Å². The van der Waals surface area contributed by atoms with Gasteiger partial charge in [-0.2, -0.15) is 13.2 Å². The molecular formula is C14H19F3N2O3S. The van der Waals surface area contributed by atoms with Gasteiger partial charge >= 0.3 is 6.18 Å². The Kier molecular flexibility index (Phi) is 6.01. The molecule has 2 rings (SSSR count). The molecule has 0 radical (unpaired) electrons. The number of benzene rings is 1. The number of hydrogen-bond acceptors (Lipinski definition) is 4. The van der Waals surface area contributed by atoms with E-state index in [0.29, 0.717) is 32.2 Å². The van der Waals surface area contributed by atoms with E-state index in [1.807, 2.05) is 0 Å². The smallest absolute Gasteiger partial charge is 0.379 e. The SMILES string of the molecule is O=S(=O)(NCCCN1CCOCC1)c1cccc(C(F)(F)F)c1. The number of morpholine rings is 1. The van der Waals surface area contributed by atoms with Crippen molar-refractivity contribution < 1.29 is 26.3 Å². The van der Waals surface area contributed by atoms with Crippen LogP contribution in [-0.4, -0.2) is 52.7 Å². The molecule has 5 nitrogen and oxygen atoms in total. The molecule has 1 aromatic carbocycles. The van der Waals surface area contributed by atoms with Gasteiger partial charge in [0.25, 0.3) is 0 Å². The Hall–Kier alpha value is -1.16. The predicted molar refractivity (Wildman–Crippen MR) is 78.5 cm³/mol. The summed E-state index contributed by atoms with van der Waals surface area (Å²) in [6.07, 6.45) is -3.99. The van der Waals surface area contributed by atoms with Crippen LogP contribution in [0.3, 0.4) is 0 Å². The van der Waals surface area contributed by atoms with E-state index in [9.17, 15) is 21.6 Å². The first kappa shape index (κ1) is 18.2. The third kappa shape index (κ3) is 5.45. The van der Waals surface area contributed by atoms with E-state index in [4.69, 9.17) is 4.74 Å². The summed E-state index contributed by atoms with van der Waals surface area (Å²) in [6.45, 7) is 3.83. The largest absolute Gasteiger partial charge is 0.416 e. The molecule has 0 atom stereocenters. The van der Waals surface area contributed by atoms with Crippen LogP contribution in [0.1, 0.15) is 12.0 Å². The van der Waals surface area contributed by atoms with Gasteiger partial charge in [0.1, 0.15) is 0 Å². The van der Waals surface area contributed by atoms with Gasteiger partial charge in [-0.05, 0) is 31.2 Å². The van der Waals surface area contributed by atoms with Gasteiger partial charge in [0.05, 0.1) is 23.7 Å². The molecule has 1 fully saturated rings. The van der Waals surface area contributed by atoms with E-state index in [-0.39, 0.29) is 11.4 Å². The fraction of sp³-hybridized carbons (Fsp3) is 0.571. The van der Waals surface area contributed by atoms with Crippen LogP contribution in [-0.2, 0) is 20.9 Å². The number of sulfonamides is 1. The van der Waals surface area contributed by atoms with Crippen molar-refractivity contribution in [1.29, 1.82) is 0 Å². The van der Waals surface area contributed by atoms with Gasteiger partial charge in [0.2, 0.25) is 10.0 Å². The van der Waals surface area contributed by atoms with Crippen LogP contribution < -0.4 is 4.72 Å². The third-order valence-electron chi connectivity index (χ3n) is 3.52. The van der Waals surface area contributed by atoms with Crippen LogP contribution in [0.2, 0.25) is 0 Å². The summed E-state index contributed by atoms with van der Waals surface area (Å²) >= 11 is 0. The van der Waals surface area contributed by atoms with Gasteiger partial charge in [0.15, 0.2) is 0 Å². The molecule has 0 saturated carbocycles. The molecule has 23 heavy (non-hydrogen) atoms. The standard InChI is InChI=1S/C14H19F3N2O3S/c15-14(16,17)12-3-1-4-13(11-12)23(20,21)18-5-2-6-19-7-9-22-10-8-19/h1,3-4,11,18H,2,5-10H2. The average molecular weight is 352 g/mol. The lowest BCUT2D eigenvalue weighted by molar-refractivity contribution is -0.137. The molecule has 130 valence electrons. The molecule has 0 unspecified atom stereocenters. The zero-order valence-electron chi connectivity index (χ0n) is 12.5. The maximum absolute atomic E-state index is 12.6. The molecule has 1 aromatic rings. The fourth-order valence-electron chi connectivity index (χ4n) is 2.26. The average Bonchev–Trinajstić information content (AvgIpc) is 2.52. The lowest BCUT2D eigenvalue weighted by Crippen LogP contribution is -2.38. The second-order valence-electron chi connectivity index (χ2n) is 5.23. The van der Waals surface area contributed by atoms with E-state index in [0.717, 1.165) is 31.3 Å². The van der Waals surface area contributed by atoms with Crippen LogP contribution in [0.15, 0.2) is 29.2 Å². The van der Waals surface area contributed by atoms with Crippen molar-refractivity contribution in [2.24, 2.45) is 0 Å². The molecule has 9 heteroatoms. The summed E-state index contributed by atoms with van der Waals surface area (Å²) in [5, 5.41) is 0. The lowest BCUT2D eigenvalue weighted by Gasteiger charge is -2.26. The van der Waals surface area contributed by atoms with Gasteiger partial charge in [-0.15, -0.1) is 0 Å². The monoisotopic (exact) mass is 352 g/mol. The highest BCUT2D eigenvalue weighted by Gasteiger charge is 2.31. The van der Waals surface area contributed by atoms with Crippen molar-refractivity contribution in [2.45, 2.75) is 17.5 Å². The number of nitrogens with one attached hydrogen (secondary N) is 1. The number of ether oxygens (including phenoxy) is 1. The number of alkyl halides is 3. The summed E-state index contributed by atoms with van der Waals surface area (Å²) in [5.74, 6) is 0. The molecule has 0 aliphatic carbocycles. The minimum absolute atomic E-state index is 0.177. The Balaban J connectivity index is 1.88. The Morgan fingerprint density at radius 3 is 2.57 bits per heavy atom. The summed E-state index contributed by atoms with van der Waals surface area (Å²) < 4.78 is 69.6. The lowest BCUT2D eigenvalue weighted by atomic mass is 10.2. The van der Waals surface area contributed by atoms with Crippen molar-refractivity contribution in [3.8, 4) is 0 Å². The van der Waals surface area contributed by atoms with Crippen molar-refractivity contribution in [3.63, 3.8) is 0 Å². The first-order valence-electron chi connectivity index (χ1n) is 7.26. The summed E-state index contributed by atoms with van der Waals surface area (Å²) in [7, 11) is -3.94. The molecule has 0 spiro atoms. The first-order chi connectivity index (χ1) is 10.8. The van der Waals surface area contributed by atoms with E-state index < -0.39 is 21.8 Å². The molecule has 0 bridgehead atoms. The highest BCUT2D eigenvalue weighted by molar-refractivity contribution is 7.89. The molecule has 1 N–H and O–H groups in total. The van der Waals surface area contributed by atoms with Crippen LogP contribution in [0.4, 0.5) is 13.2 Å². The molecule has 1 heterocycles. The van der Waals surface area contributed by atoms with Crippen LogP contribution in [0.5, 0.6) is 0 Å². The molecule has 1 aliphatic heterocycles. The van der Waals surface area contributed by atoms with Crippen molar-refractivity contribution >= 4 is 10.0 Å². The van der Waals surface area contributed by atoms with Crippen molar-refractivity contribution in [1.82, 2.24) is 9.62 Å². The number of halogens is 3. The summed E-state index contributed by atoms with van der Waals surface area (Å²) in [4.78, 5) is 1.78. The highest BCUT2D eigenvalue weighted by atomic mass is 32.2. The predicted octanol–water partition coefficient (Wildman–Crippen LogP) is 1.71. The minimum Gasteiger partial charge on any atom is -0.379 e. The second kappa shape index (κ2) is 7.61. The summed E-state index contributed by atoms with van der Waals surface area (Å²) in [6, 6.07) is 3.73. The van der Waals surface area contributed by atoms with Crippen molar-refractivity contribution in [3.05, 3.63) is 29.8 Å². The number of hydrogen-bond donors (Lipinski definition) is 1. The van der Waals surface area contributed by atoms with E-state index in [1.54, 1.807) is 0 Å². The Labute approximate surface area is 133 Å². The molecule has 0 aromatic heterocycles. The number of rotatable bonds is 6. The zero-order chi connectivity index (χ0) is 16.9. The number of nitrogens with zero attached hydrogens (tertiary/aromatic N) is 1. The highest BCUT2D eigenvalue weighted by Crippen LogP contribution is 2.30. The second-order valence-corrected chi connectivity index (χ2v) is 7.00. The molecular weight excluding hydrogens is 333 g/mol. The minimum atomic E-state index is -4.57. The van der Waals surface area contributed by atoms with Crippen LogP contribution in [0.25, 0.3) is 0 Å². The first-order valence-corrected chi connectivity index (χ1v) is 8.74. The molecule has 1 aliphatic rings. The third-order valence-corrected chi connectivity index (χ3v) is 4.98. The molecule has 1 saturated heterocycles. The van der Waals surface area contributed by atoms with Gasteiger partial charge in [-0.25, -0.2) is 13.1 Å². The summed E-state index contributed by atoms with van der Waals surface area (Å²) in [5.41, 5.74) is -0.978. The topological polar surface area (TPSA) is 58.6 Å². The van der Waals surface area contributed by atoms with Crippen LogP contribution >= 0.6 is 0 Å². The van der Waals surface area contributed by atoms with Gasteiger partial charge in [0, 0.05) is 19.6 Å². The Bertz CT molecular complexity index is 614. The van der Waals surface area contributed by atoms with Gasteiger partial charge < -0.3 is 4.74 Å². The van der Waals surface area contributed by atoms with E-state index in [2.05, 4.69) is 9.62 Å². The normalized spacial score (nSPS) is 17.3. The quantitative estimate of drug-likeness (QED) is 0.792. The van der Waals surface area contributed by atoms with Crippen molar-refractivity contribution in [2.75, 3.05) is 39.4 Å². The molecule has 0 amide bonds. The Morgan fingerprint density at radius 1 is 1.22 bits per heavy atom. The fourth-order valence-corrected chi connectivity index (χ4v) is 3.38. The Morgan fingerprint density at radius 2 is 1.91 bits per heavy atom.